The first-order chi connectivity index (χ1) is 11.8. The lowest BCUT2D eigenvalue weighted by Crippen LogP contribution is -2.35. The molecule has 0 saturated heterocycles. The number of methoxy groups -OCH3 is 1. The molecule has 0 aromatic heterocycles. The highest BCUT2D eigenvalue weighted by Crippen LogP contribution is 2.46. The molecule has 1 N–H and O–H groups in total. The van der Waals surface area contributed by atoms with Gasteiger partial charge in [-0.05, 0) is 61.2 Å². The molecule has 1 aliphatic carbocycles. The number of nitrogens with one attached hydrogen (secondary N) is 1. The summed E-state index contributed by atoms with van der Waals surface area (Å²) in [6.07, 6.45) is 1.51. The third-order valence-electron chi connectivity index (χ3n) is 4.36. The Bertz CT molecular complexity index is 919. The van der Waals surface area contributed by atoms with Gasteiger partial charge in [-0.15, -0.1) is 0 Å². The van der Waals surface area contributed by atoms with Gasteiger partial charge in [0, 0.05) is 4.47 Å². The molecule has 5 nitrogen and oxygen atoms in total. The van der Waals surface area contributed by atoms with Crippen molar-refractivity contribution < 1.29 is 17.9 Å². The van der Waals surface area contributed by atoms with Crippen LogP contribution in [-0.4, -0.2) is 21.5 Å². The number of sulfonamides is 1. The van der Waals surface area contributed by atoms with Crippen LogP contribution in [-0.2, 0) is 20.3 Å². The number of halogens is 1. The lowest BCUT2D eigenvalue weighted by atomic mass is 10.1. The van der Waals surface area contributed by atoms with Gasteiger partial charge in [0.2, 0.25) is 10.0 Å². The van der Waals surface area contributed by atoms with Crippen LogP contribution < -0.4 is 4.72 Å². The standard InChI is InChI=1S/C18H18BrNO4S/c1-12-11-13(17(21)24-2)3-8-16(12)25(22,23)20-18(9-10-18)14-4-6-15(19)7-5-14/h3-8,11,20H,9-10H2,1-2H3. The number of hydrogen-bond donors (Lipinski definition) is 1. The number of hydrogen-bond acceptors (Lipinski definition) is 4. The number of esters is 1. The monoisotopic (exact) mass is 423 g/mol. The lowest BCUT2D eigenvalue weighted by Gasteiger charge is -2.19. The zero-order chi connectivity index (χ0) is 18.2. The molecule has 1 fully saturated rings. The van der Waals surface area contributed by atoms with E-state index in [4.69, 9.17) is 0 Å². The summed E-state index contributed by atoms with van der Waals surface area (Å²) in [7, 11) is -2.42. The number of carbonyl (C=O) groups is 1. The topological polar surface area (TPSA) is 72.5 Å². The summed E-state index contributed by atoms with van der Waals surface area (Å²) in [6, 6.07) is 12.1. The number of rotatable bonds is 5. The summed E-state index contributed by atoms with van der Waals surface area (Å²) in [4.78, 5) is 11.8. The van der Waals surface area contributed by atoms with Crippen LogP contribution in [0.15, 0.2) is 51.8 Å². The van der Waals surface area contributed by atoms with Crippen LogP contribution in [0.5, 0.6) is 0 Å². The molecule has 0 aliphatic heterocycles. The molecule has 2 aromatic carbocycles. The van der Waals surface area contributed by atoms with Gasteiger partial charge in [0.05, 0.1) is 23.1 Å². The average Bonchev–Trinajstić information content (AvgIpc) is 3.34. The van der Waals surface area contributed by atoms with Crippen LogP contribution in [0.25, 0.3) is 0 Å². The fourth-order valence-corrected chi connectivity index (χ4v) is 4.79. The van der Waals surface area contributed by atoms with Crippen molar-refractivity contribution in [1.29, 1.82) is 0 Å². The summed E-state index contributed by atoms with van der Waals surface area (Å²) in [6.45, 7) is 1.67. The van der Waals surface area contributed by atoms with E-state index in [-0.39, 0.29) is 4.90 Å². The highest BCUT2D eigenvalue weighted by atomic mass is 79.9. The van der Waals surface area contributed by atoms with Crippen LogP contribution in [0.3, 0.4) is 0 Å². The van der Waals surface area contributed by atoms with Gasteiger partial charge < -0.3 is 4.74 Å². The zero-order valence-corrected chi connectivity index (χ0v) is 16.3. The summed E-state index contributed by atoms with van der Waals surface area (Å²) in [5.41, 5.74) is 1.23. The molecule has 0 amide bonds. The molecule has 0 unspecified atom stereocenters. The van der Waals surface area contributed by atoms with E-state index in [2.05, 4.69) is 25.4 Å². The second kappa shape index (κ2) is 6.55. The van der Waals surface area contributed by atoms with E-state index in [1.807, 2.05) is 24.3 Å². The third-order valence-corrected chi connectivity index (χ3v) is 6.59. The molecule has 2 aromatic rings. The van der Waals surface area contributed by atoms with Crippen LogP contribution in [0.1, 0.15) is 34.3 Å². The molecule has 7 heteroatoms. The van der Waals surface area contributed by atoms with E-state index in [0.717, 1.165) is 22.9 Å². The van der Waals surface area contributed by atoms with Crippen LogP contribution >= 0.6 is 15.9 Å². The highest BCUT2D eigenvalue weighted by Gasteiger charge is 2.47. The Morgan fingerprint density at radius 1 is 1.16 bits per heavy atom. The van der Waals surface area contributed by atoms with Gasteiger partial charge in [-0.3, -0.25) is 0 Å². The summed E-state index contributed by atoms with van der Waals surface area (Å²) < 4.78 is 34.2. The number of ether oxygens (including phenoxy) is 1. The Morgan fingerprint density at radius 2 is 1.80 bits per heavy atom. The quantitative estimate of drug-likeness (QED) is 0.746. The average molecular weight is 424 g/mol. The first-order valence-electron chi connectivity index (χ1n) is 7.76. The van der Waals surface area contributed by atoms with Gasteiger partial charge in [-0.25, -0.2) is 17.9 Å². The van der Waals surface area contributed by atoms with Gasteiger partial charge in [-0.2, -0.15) is 0 Å². The second-order valence-electron chi connectivity index (χ2n) is 6.17. The molecule has 0 heterocycles. The molecule has 0 radical (unpaired) electrons. The number of aryl methyl sites for hydroxylation is 1. The van der Waals surface area contributed by atoms with E-state index in [9.17, 15) is 13.2 Å². The van der Waals surface area contributed by atoms with Crippen LogP contribution in [0.4, 0.5) is 0 Å². The molecule has 1 saturated carbocycles. The van der Waals surface area contributed by atoms with Gasteiger partial charge in [0.25, 0.3) is 0 Å². The van der Waals surface area contributed by atoms with E-state index in [0.29, 0.717) is 11.1 Å². The van der Waals surface area contributed by atoms with Crippen molar-refractivity contribution in [2.75, 3.05) is 7.11 Å². The molecule has 3 rings (SSSR count). The first-order valence-corrected chi connectivity index (χ1v) is 10.0. The maximum Gasteiger partial charge on any atom is 0.337 e. The summed E-state index contributed by atoms with van der Waals surface area (Å²) in [5.74, 6) is -0.492. The predicted octanol–water partition coefficient (Wildman–Crippen LogP) is 3.51. The molecular formula is C18H18BrNO4S. The molecule has 0 spiro atoms. The SMILES string of the molecule is COC(=O)c1ccc(S(=O)(=O)NC2(c3ccc(Br)cc3)CC2)c(C)c1. The van der Waals surface area contributed by atoms with Gasteiger partial charge in [0.15, 0.2) is 0 Å². The van der Waals surface area contributed by atoms with Crippen LogP contribution in [0, 0.1) is 6.92 Å². The van der Waals surface area contributed by atoms with Crippen molar-refractivity contribution in [3.05, 3.63) is 63.6 Å². The van der Waals surface area contributed by atoms with Crippen molar-refractivity contribution in [2.45, 2.75) is 30.2 Å². The van der Waals surface area contributed by atoms with Crippen molar-refractivity contribution in [1.82, 2.24) is 4.72 Å². The van der Waals surface area contributed by atoms with E-state index >= 15 is 0 Å². The molecule has 25 heavy (non-hydrogen) atoms. The fourth-order valence-electron chi connectivity index (χ4n) is 2.85. The Morgan fingerprint density at radius 3 is 2.32 bits per heavy atom. The lowest BCUT2D eigenvalue weighted by molar-refractivity contribution is 0.0600. The smallest absolute Gasteiger partial charge is 0.337 e. The first kappa shape index (κ1) is 18.1. The summed E-state index contributed by atoms with van der Waals surface area (Å²) in [5, 5.41) is 0. The van der Waals surface area contributed by atoms with Crippen molar-refractivity contribution >= 4 is 31.9 Å². The Kier molecular flexibility index (Phi) is 4.74. The minimum atomic E-state index is -3.71. The largest absolute Gasteiger partial charge is 0.465 e. The summed E-state index contributed by atoms with van der Waals surface area (Å²) >= 11 is 3.39. The maximum atomic E-state index is 12.9. The van der Waals surface area contributed by atoms with Gasteiger partial charge in [0.1, 0.15) is 0 Å². The van der Waals surface area contributed by atoms with Gasteiger partial charge in [-0.1, -0.05) is 28.1 Å². The Labute approximate surface area is 155 Å². The molecule has 132 valence electrons. The fraction of sp³-hybridized carbons (Fsp3) is 0.278. The van der Waals surface area contributed by atoms with Crippen molar-refractivity contribution in [2.24, 2.45) is 0 Å². The van der Waals surface area contributed by atoms with E-state index in [1.165, 1.54) is 25.3 Å². The third kappa shape index (κ3) is 3.63. The highest BCUT2D eigenvalue weighted by molar-refractivity contribution is 9.10. The zero-order valence-electron chi connectivity index (χ0n) is 13.9. The molecular weight excluding hydrogens is 406 g/mol. The van der Waals surface area contributed by atoms with E-state index in [1.54, 1.807) is 6.92 Å². The molecule has 0 atom stereocenters. The maximum absolute atomic E-state index is 12.9. The normalized spacial score (nSPS) is 15.6. The molecule has 0 bridgehead atoms. The van der Waals surface area contributed by atoms with Crippen molar-refractivity contribution in [3.63, 3.8) is 0 Å². The van der Waals surface area contributed by atoms with Crippen LogP contribution in [0.2, 0.25) is 0 Å². The minimum absolute atomic E-state index is 0.170. The molecule has 1 aliphatic rings. The number of carbonyl (C=O) groups excluding carboxylic acids is 1. The second-order valence-corrected chi connectivity index (χ2v) is 8.73. The van der Waals surface area contributed by atoms with E-state index < -0.39 is 21.5 Å². The van der Waals surface area contributed by atoms with Gasteiger partial charge >= 0.3 is 5.97 Å². The minimum Gasteiger partial charge on any atom is -0.465 e. The Hall–Kier alpha value is -1.70. The number of benzene rings is 2. The van der Waals surface area contributed by atoms with Crippen molar-refractivity contribution in [3.8, 4) is 0 Å². The predicted molar refractivity (Wildman–Crippen MR) is 97.9 cm³/mol. The Balaban J connectivity index is 1.90.